The van der Waals surface area contributed by atoms with Crippen LogP contribution in [0.25, 0.3) is 5.76 Å². The number of carbonyl (C=O) groups excluding carboxylic acids is 2. The fourth-order valence-corrected chi connectivity index (χ4v) is 4.22. The van der Waals surface area contributed by atoms with Crippen molar-refractivity contribution in [1.29, 1.82) is 0 Å². The normalized spacial score (nSPS) is 22.3. The highest BCUT2D eigenvalue weighted by molar-refractivity contribution is 6.27. The highest BCUT2D eigenvalue weighted by Crippen LogP contribution is 2.36. The molecule has 2 aromatic carbocycles. The first-order valence-corrected chi connectivity index (χ1v) is 10.7. The van der Waals surface area contributed by atoms with Gasteiger partial charge in [-0.25, -0.2) is 4.79 Å². The van der Waals surface area contributed by atoms with Gasteiger partial charge in [-0.1, -0.05) is 87.9 Å². The summed E-state index contributed by atoms with van der Waals surface area (Å²) in [4.78, 5) is 26.5. The highest BCUT2D eigenvalue weighted by atomic mass is 16.5. The number of esters is 1. The van der Waals surface area contributed by atoms with Crippen LogP contribution in [0.5, 0.6) is 0 Å². The molecule has 3 atom stereocenters. The molecule has 0 unspecified atom stereocenters. The van der Waals surface area contributed by atoms with Crippen LogP contribution in [0.15, 0.2) is 66.2 Å². The van der Waals surface area contributed by atoms with Gasteiger partial charge >= 0.3 is 5.97 Å². The third-order valence-corrected chi connectivity index (χ3v) is 5.97. The predicted molar refractivity (Wildman–Crippen MR) is 118 cm³/mol. The van der Waals surface area contributed by atoms with E-state index in [2.05, 4.69) is 20.8 Å². The molecule has 0 spiro atoms. The zero-order chi connectivity index (χ0) is 21.7. The van der Waals surface area contributed by atoms with E-state index in [1.807, 2.05) is 6.07 Å². The van der Waals surface area contributed by atoms with Gasteiger partial charge in [-0.05, 0) is 30.6 Å². The Morgan fingerprint density at radius 3 is 2.07 bits per heavy atom. The maximum absolute atomic E-state index is 13.3. The number of aliphatic hydroxyl groups is 1. The maximum Gasteiger partial charge on any atom is 0.346 e. The molecular weight excluding hydrogens is 376 g/mol. The molecule has 0 saturated heterocycles. The molecule has 1 N–H and O–H groups in total. The lowest BCUT2D eigenvalue weighted by Crippen LogP contribution is -2.37. The molecule has 1 saturated carbocycles. The molecule has 0 heterocycles. The summed E-state index contributed by atoms with van der Waals surface area (Å²) in [6, 6.07) is 17.2. The topological polar surface area (TPSA) is 63.6 Å². The second kappa shape index (κ2) is 9.75. The fraction of sp³-hybridized carbons (Fsp3) is 0.385. The average Bonchev–Trinajstić information content (AvgIpc) is 2.74. The lowest BCUT2D eigenvalue weighted by molar-refractivity contribution is -0.150. The van der Waals surface area contributed by atoms with E-state index in [0.717, 1.165) is 19.3 Å². The van der Waals surface area contributed by atoms with Crippen molar-refractivity contribution in [2.75, 3.05) is 0 Å². The van der Waals surface area contributed by atoms with Crippen molar-refractivity contribution >= 4 is 17.5 Å². The Morgan fingerprint density at radius 2 is 1.50 bits per heavy atom. The van der Waals surface area contributed by atoms with Crippen LogP contribution in [0.1, 0.15) is 56.0 Å². The van der Waals surface area contributed by atoms with Crippen LogP contribution in [0.3, 0.4) is 0 Å². The van der Waals surface area contributed by atoms with Gasteiger partial charge in [-0.3, -0.25) is 4.79 Å². The summed E-state index contributed by atoms with van der Waals surface area (Å²) in [6.45, 7) is 6.42. The SMILES string of the molecule is CC(C)[C@@H]1CC[C@@H](C)C[C@H]1OC(=O)/C(C(=O)c1ccccc1)=C(\O)c1ccccc1. The molecule has 1 aliphatic carbocycles. The van der Waals surface area contributed by atoms with Gasteiger partial charge in [0.25, 0.3) is 0 Å². The summed E-state index contributed by atoms with van der Waals surface area (Å²) in [6.07, 6.45) is 2.61. The van der Waals surface area contributed by atoms with Crippen LogP contribution in [0, 0.1) is 17.8 Å². The van der Waals surface area contributed by atoms with E-state index < -0.39 is 11.8 Å². The maximum atomic E-state index is 13.3. The van der Waals surface area contributed by atoms with Crippen molar-refractivity contribution in [2.45, 2.75) is 46.1 Å². The molecular formula is C26H30O4. The van der Waals surface area contributed by atoms with Gasteiger partial charge < -0.3 is 9.84 Å². The molecule has 30 heavy (non-hydrogen) atoms. The van der Waals surface area contributed by atoms with Gasteiger partial charge in [0.1, 0.15) is 17.4 Å². The first-order chi connectivity index (χ1) is 14.4. The molecule has 1 aliphatic rings. The number of ether oxygens (including phenoxy) is 1. The standard InChI is InChI=1S/C26H30O4/c1-17(2)21-15-14-18(3)16-22(21)30-26(29)23(24(27)19-10-6-4-7-11-19)25(28)20-12-8-5-9-13-20/h4-13,17-18,21-22,27H,14-16H2,1-3H3/b24-23-/t18-,21+,22-/m1/s1. The van der Waals surface area contributed by atoms with Crippen LogP contribution in [0.2, 0.25) is 0 Å². The summed E-state index contributed by atoms with van der Waals surface area (Å²) in [5, 5.41) is 10.9. The van der Waals surface area contributed by atoms with Gasteiger partial charge in [0, 0.05) is 11.1 Å². The largest absolute Gasteiger partial charge is 0.506 e. The van der Waals surface area contributed by atoms with Crippen LogP contribution >= 0.6 is 0 Å². The van der Waals surface area contributed by atoms with Crippen LogP contribution in [-0.4, -0.2) is 23.0 Å². The summed E-state index contributed by atoms with van der Waals surface area (Å²) < 4.78 is 5.91. The van der Waals surface area contributed by atoms with Crippen molar-refractivity contribution in [1.82, 2.24) is 0 Å². The lowest BCUT2D eigenvalue weighted by atomic mass is 9.75. The molecule has 0 amide bonds. The molecule has 158 valence electrons. The first kappa shape index (κ1) is 21.8. The van der Waals surface area contributed by atoms with E-state index in [9.17, 15) is 14.7 Å². The lowest BCUT2D eigenvalue weighted by Gasteiger charge is -2.36. The minimum Gasteiger partial charge on any atom is -0.506 e. The number of hydrogen-bond acceptors (Lipinski definition) is 4. The number of ketones is 1. The smallest absolute Gasteiger partial charge is 0.346 e. The third kappa shape index (κ3) is 4.99. The second-order valence-corrected chi connectivity index (χ2v) is 8.55. The first-order valence-electron chi connectivity index (χ1n) is 10.7. The zero-order valence-corrected chi connectivity index (χ0v) is 17.9. The molecule has 0 aliphatic heterocycles. The van der Waals surface area contributed by atoms with Crippen LogP contribution < -0.4 is 0 Å². The third-order valence-electron chi connectivity index (χ3n) is 5.97. The molecule has 0 bridgehead atoms. The Morgan fingerprint density at radius 1 is 0.933 bits per heavy atom. The number of rotatable bonds is 6. The van der Waals surface area contributed by atoms with E-state index in [1.165, 1.54) is 0 Å². The molecule has 2 aromatic rings. The van der Waals surface area contributed by atoms with Crippen molar-refractivity contribution in [3.05, 3.63) is 77.4 Å². The number of benzene rings is 2. The zero-order valence-electron chi connectivity index (χ0n) is 17.9. The second-order valence-electron chi connectivity index (χ2n) is 8.55. The quantitative estimate of drug-likeness (QED) is 0.163. The van der Waals surface area contributed by atoms with Crippen molar-refractivity contribution in [2.24, 2.45) is 17.8 Å². The van der Waals surface area contributed by atoms with Gasteiger partial charge in [0.2, 0.25) is 5.78 Å². The number of Topliss-reactive ketones (excluding diaryl/α,β-unsaturated/α-hetero) is 1. The highest BCUT2D eigenvalue weighted by Gasteiger charge is 2.36. The Bertz CT molecular complexity index is 899. The molecule has 0 radical (unpaired) electrons. The van der Waals surface area contributed by atoms with Crippen molar-refractivity contribution < 1.29 is 19.4 Å². The summed E-state index contributed by atoms with van der Waals surface area (Å²) in [7, 11) is 0. The predicted octanol–water partition coefficient (Wildman–Crippen LogP) is 5.84. The van der Waals surface area contributed by atoms with E-state index in [4.69, 9.17) is 4.74 Å². The molecule has 4 heteroatoms. The number of hydrogen-bond donors (Lipinski definition) is 1. The Labute approximate surface area is 178 Å². The summed E-state index contributed by atoms with van der Waals surface area (Å²) >= 11 is 0. The Kier molecular flexibility index (Phi) is 7.09. The Hall–Kier alpha value is -2.88. The monoisotopic (exact) mass is 406 g/mol. The van der Waals surface area contributed by atoms with Crippen LogP contribution in [-0.2, 0) is 9.53 Å². The van der Waals surface area contributed by atoms with E-state index in [1.54, 1.807) is 54.6 Å². The number of carbonyl (C=O) groups is 2. The minimum absolute atomic E-state index is 0.247. The molecule has 4 nitrogen and oxygen atoms in total. The average molecular weight is 407 g/mol. The van der Waals surface area contributed by atoms with Gasteiger partial charge in [0.05, 0.1) is 0 Å². The Balaban J connectivity index is 1.97. The van der Waals surface area contributed by atoms with E-state index >= 15 is 0 Å². The molecule has 1 fully saturated rings. The van der Waals surface area contributed by atoms with Gasteiger partial charge in [-0.2, -0.15) is 0 Å². The molecule has 0 aromatic heterocycles. The van der Waals surface area contributed by atoms with Crippen molar-refractivity contribution in [3.8, 4) is 0 Å². The molecule has 3 rings (SSSR count). The van der Waals surface area contributed by atoms with Crippen molar-refractivity contribution in [3.63, 3.8) is 0 Å². The fourth-order valence-electron chi connectivity index (χ4n) is 4.22. The number of aliphatic hydroxyl groups excluding tert-OH is 1. The van der Waals surface area contributed by atoms with Crippen LogP contribution in [0.4, 0.5) is 0 Å². The van der Waals surface area contributed by atoms with Gasteiger partial charge in [0.15, 0.2) is 0 Å². The minimum atomic E-state index is -0.755. The van der Waals surface area contributed by atoms with Gasteiger partial charge in [-0.15, -0.1) is 0 Å². The summed E-state index contributed by atoms with van der Waals surface area (Å²) in [5.74, 6) is -0.564. The van der Waals surface area contributed by atoms with E-state index in [0.29, 0.717) is 23.0 Å². The van der Waals surface area contributed by atoms with E-state index in [-0.39, 0.29) is 23.4 Å². The summed E-state index contributed by atoms with van der Waals surface area (Å²) in [5.41, 5.74) is 0.434.